The first-order valence-corrected chi connectivity index (χ1v) is 11.1. The van der Waals surface area contributed by atoms with Crippen LogP contribution in [-0.2, 0) is 19.1 Å². The molecule has 0 bridgehead atoms. The number of ether oxygens (including phenoxy) is 2. The van der Waals surface area contributed by atoms with Crippen LogP contribution in [0.25, 0.3) is 0 Å². The molecule has 0 amide bonds. The van der Waals surface area contributed by atoms with Crippen LogP contribution >= 0.6 is 11.8 Å². The van der Waals surface area contributed by atoms with Crippen molar-refractivity contribution in [1.29, 1.82) is 0 Å². The summed E-state index contributed by atoms with van der Waals surface area (Å²) in [5, 5.41) is 3.14. The van der Waals surface area contributed by atoms with Gasteiger partial charge in [-0.25, -0.2) is 0 Å². The van der Waals surface area contributed by atoms with Gasteiger partial charge < -0.3 is 0 Å². The van der Waals surface area contributed by atoms with Crippen LogP contribution in [0.2, 0.25) is 0 Å². The number of hydrogen-bond donors (Lipinski definition) is 2. The molecule has 1 aromatic rings. The van der Waals surface area contributed by atoms with Crippen LogP contribution in [0, 0.1) is 0 Å². The number of hydrogen-bond acceptors (Lipinski definition) is 7. The molecule has 1 aliphatic heterocycles. The molecule has 0 spiro atoms. The van der Waals surface area contributed by atoms with Crippen LogP contribution in [0.15, 0.2) is 56.7 Å². The molecule has 7 nitrogen and oxygen atoms in total. The van der Waals surface area contributed by atoms with Crippen LogP contribution in [0.5, 0.6) is 0 Å². The Morgan fingerprint density at radius 3 is 2.55 bits per heavy atom. The molecular formula is C20H25N3O4SSe. The van der Waals surface area contributed by atoms with Gasteiger partial charge in [-0.3, -0.25) is 0 Å². The molecule has 0 aromatic heterocycles. The van der Waals surface area contributed by atoms with E-state index < -0.39 is 17.9 Å². The first kappa shape index (κ1) is 23.1. The van der Waals surface area contributed by atoms with Crippen molar-refractivity contribution in [2.75, 3.05) is 26.5 Å². The Balaban J connectivity index is 2.79. The number of carbonyl (C=O) groups is 2. The predicted octanol–water partition coefficient (Wildman–Crippen LogP) is 1.58. The number of esters is 2. The summed E-state index contributed by atoms with van der Waals surface area (Å²) in [6, 6.07) is 7.65. The number of thioether (sulfide) groups is 1. The van der Waals surface area contributed by atoms with E-state index in [1.165, 1.54) is 18.9 Å². The molecule has 1 atom stereocenters. The third-order valence-electron chi connectivity index (χ3n) is 4.39. The van der Waals surface area contributed by atoms with E-state index >= 15 is 0 Å². The van der Waals surface area contributed by atoms with Gasteiger partial charge in [-0.05, 0) is 0 Å². The van der Waals surface area contributed by atoms with Crippen molar-refractivity contribution < 1.29 is 19.1 Å². The zero-order valence-electron chi connectivity index (χ0n) is 16.8. The number of nitrogens with one attached hydrogen (secondary N) is 1. The Bertz CT molecular complexity index is 891. The third kappa shape index (κ3) is 5.23. The Labute approximate surface area is 183 Å². The maximum absolute atomic E-state index is 13.0. The van der Waals surface area contributed by atoms with Crippen molar-refractivity contribution >= 4 is 44.4 Å². The molecular weight excluding hydrogens is 457 g/mol. The summed E-state index contributed by atoms with van der Waals surface area (Å²) in [7, 11) is 1.32. The summed E-state index contributed by atoms with van der Waals surface area (Å²) < 4.78 is 10.7. The number of rotatable bonds is 7. The quantitative estimate of drug-likeness (QED) is 0.200. The van der Waals surface area contributed by atoms with Gasteiger partial charge in [0.15, 0.2) is 0 Å². The van der Waals surface area contributed by atoms with Gasteiger partial charge in [0.2, 0.25) is 0 Å². The molecule has 0 saturated heterocycles. The Morgan fingerprint density at radius 2 is 1.97 bits per heavy atom. The van der Waals surface area contributed by atoms with Crippen LogP contribution in [0.4, 0.5) is 0 Å². The van der Waals surface area contributed by atoms with Crippen molar-refractivity contribution in [2.45, 2.75) is 24.7 Å². The number of allylic oxidation sites excluding steroid dienone is 1. The van der Waals surface area contributed by atoms with E-state index in [9.17, 15) is 9.59 Å². The number of methoxy groups -OCH3 is 1. The minimum atomic E-state index is -0.649. The standard InChI is InChI=1S/C20H25N3O4SSe/c1-5-27-19(25)17-13(10-22-20(21)29)23-11(2)15(18(24)26-3)16(17)12-8-6-7-9-14(12)28-4/h6-9,16,23H,5,10H2,1-4H3,(H3,21,22,29). The van der Waals surface area contributed by atoms with E-state index in [0.29, 0.717) is 27.3 Å². The van der Waals surface area contributed by atoms with Crippen LogP contribution in [0.3, 0.4) is 0 Å². The fourth-order valence-electron chi connectivity index (χ4n) is 3.23. The molecule has 0 saturated carbocycles. The van der Waals surface area contributed by atoms with Crippen LogP contribution in [-0.4, -0.2) is 59.2 Å². The van der Waals surface area contributed by atoms with Gasteiger partial charge in [-0.1, -0.05) is 0 Å². The SMILES string of the molecule is CCOC(=O)C1=C(CN=C(N)[SeH])NC(C)=C(C(=O)OC)C1c1ccccc1SC. The summed E-state index contributed by atoms with van der Waals surface area (Å²) >= 11 is 3.69. The van der Waals surface area contributed by atoms with Crippen molar-refractivity contribution in [3.63, 3.8) is 0 Å². The van der Waals surface area contributed by atoms with Crippen molar-refractivity contribution in [1.82, 2.24) is 5.32 Å². The molecule has 0 radical (unpaired) electrons. The fraction of sp³-hybridized carbons (Fsp3) is 0.350. The average molecular weight is 482 g/mol. The average Bonchev–Trinajstić information content (AvgIpc) is 2.71. The summed E-state index contributed by atoms with van der Waals surface area (Å²) in [6.45, 7) is 3.87. The molecule has 0 fully saturated rings. The maximum atomic E-state index is 13.0. The third-order valence-corrected chi connectivity index (χ3v) is 5.50. The van der Waals surface area contributed by atoms with Gasteiger partial charge in [-0.2, -0.15) is 0 Å². The number of amidine groups is 1. The van der Waals surface area contributed by atoms with Crippen molar-refractivity contribution in [3.05, 3.63) is 52.4 Å². The normalized spacial score (nSPS) is 17.1. The Morgan fingerprint density at radius 1 is 1.28 bits per heavy atom. The van der Waals surface area contributed by atoms with E-state index in [4.69, 9.17) is 15.2 Å². The predicted molar refractivity (Wildman–Crippen MR) is 116 cm³/mol. The zero-order valence-corrected chi connectivity index (χ0v) is 19.5. The number of aliphatic imine (C=N–C) groups is 1. The van der Waals surface area contributed by atoms with Crippen molar-refractivity contribution in [2.24, 2.45) is 10.7 Å². The summed E-state index contributed by atoms with van der Waals surface area (Å²) in [4.78, 5) is 30.9. The van der Waals surface area contributed by atoms with Crippen LogP contribution < -0.4 is 11.1 Å². The van der Waals surface area contributed by atoms with E-state index in [1.54, 1.807) is 13.8 Å². The summed E-state index contributed by atoms with van der Waals surface area (Å²) in [5.74, 6) is -1.67. The van der Waals surface area contributed by atoms with Gasteiger partial charge in [0.1, 0.15) is 0 Å². The first-order chi connectivity index (χ1) is 13.8. The summed E-state index contributed by atoms with van der Waals surface area (Å²) in [6.07, 6.45) is 1.95. The van der Waals surface area contributed by atoms with E-state index in [1.807, 2.05) is 30.5 Å². The van der Waals surface area contributed by atoms with Gasteiger partial charge in [0.05, 0.1) is 0 Å². The second kappa shape index (κ2) is 10.5. The first-order valence-electron chi connectivity index (χ1n) is 8.93. The topological polar surface area (TPSA) is 103 Å². The molecule has 2 rings (SSSR count). The van der Waals surface area contributed by atoms with Gasteiger partial charge >= 0.3 is 183 Å². The van der Waals surface area contributed by atoms with Crippen LogP contribution in [0.1, 0.15) is 25.3 Å². The van der Waals surface area contributed by atoms with Gasteiger partial charge in [0.25, 0.3) is 0 Å². The molecule has 9 heteroatoms. The molecule has 3 N–H and O–H groups in total. The minimum absolute atomic E-state index is 0.151. The van der Waals surface area contributed by atoms with Gasteiger partial charge in [0, 0.05) is 0 Å². The second-order valence-electron chi connectivity index (χ2n) is 6.12. The van der Waals surface area contributed by atoms with Gasteiger partial charge in [-0.15, -0.1) is 0 Å². The number of benzene rings is 1. The number of nitrogens with two attached hydrogens (primary N) is 1. The van der Waals surface area contributed by atoms with E-state index in [-0.39, 0.29) is 13.2 Å². The Hall–Kier alpha value is -2.22. The molecule has 29 heavy (non-hydrogen) atoms. The number of nitrogens with zero attached hydrogens (tertiary/aromatic N) is 1. The number of dihydropyridines is 1. The van der Waals surface area contributed by atoms with Crippen molar-refractivity contribution in [3.8, 4) is 0 Å². The second-order valence-corrected chi connectivity index (χ2v) is 7.93. The van der Waals surface area contributed by atoms with E-state index in [0.717, 1.165) is 10.5 Å². The molecule has 1 heterocycles. The summed E-state index contributed by atoms with van der Waals surface area (Å²) in [5.41, 5.74) is 8.34. The number of carbonyl (C=O) groups excluding carboxylic acids is 2. The monoisotopic (exact) mass is 483 g/mol. The fourth-order valence-corrected chi connectivity index (χ4v) is 4.01. The molecule has 1 aromatic carbocycles. The molecule has 156 valence electrons. The molecule has 0 aliphatic carbocycles. The molecule has 1 unspecified atom stereocenters. The zero-order chi connectivity index (χ0) is 21.6. The molecule has 1 aliphatic rings. The van der Waals surface area contributed by atoms with E-state index in [2.05, 4.69) is 26.3 Å². The Kier molecular flexibility index (Phi) is 8.37.